The molecule has 1 aliphatic heterocycles. The van der Waals surface area contributed by atoms with Crippen LogP contribution < -0.4 is 5.32 Å². The molecular weight excluding hydrogens is 378 g/mol. The van der Waals surface area contributed by atoms with Crippen LogP contribution in [0.1, 0.15) is 17.6 Å². The molecule has 0 amide bonds. The molecule has 148 valence electrons. The number of anilines is 1. The third kappa shape index (κ3) is 4.48. The first-order valence-corrected chi connectivity index (χ1v) is 10.2. The number of morpholine rings is 1. The summed E-state index contributed by atoms with van der Waals surface area (Å²) in [5.41, 5.74) is 0.152. The van der Waals surface area contributed by atoms with E-state index in [0.29, 0.717) is 32.8 Å². The van der Waals surface area contributed by atoms with Crippen molar-refractivity contribution in [1.82, 2.24) is 4.90 Å². The van der Waals surface area contributed by atoms with Crippen molar-refractivity contribution in [1.29, 1.82) is 0 Å². The van der Waals surface area contributed by atoms with Crippen LogP contribution >= 0.6 is 0 Å². The number of nitrogens with one attached hydrogen (secondary N) is 1. The molecule has 0 bridgehead atoms. The lowest BCUT2D eigenvalue weighted by molar-refractivity contribution is 0.0143. The number of benzene rings is 1. The van der Waals surface area contributed by atoms with Crippen molar-refractivity contribution in [3.63, 3.8) is 0 Å². The van der Waals surface area contributed by atoms with Gasteiger partial charge in [-0.3, -0.25) is 4.90 Å². The molecule has 1 unspecified atom stereocenters. The van der Waals surface area contributed by atoms with E-state index in [4.69, 9.17) is 9.15 Å². The molecule has 1 N–H and O–H groups in total. The average molecular weight is 400 g/mol. The Hall–Kier alpha value is -1.97. The molecule has 1 aliphatic rings. The Morgan fingerprint density at radius 2 is 1.85 bits per heavy atom. The maximum Gasteiger partial charge on any atom is 0.341 e. The molecule has 1 atom stereocenters. The summed E-state index contributed by atoms with van der Waals surface area (Å²) in [6, 6.07) is 9.26. The summed E-state index contributed by atoms with van der Waals surface area (Å²) in [5.74, 6) is -1.97. The van der Waals surface area contributed by atoms with Crippen LogP contribution in [0.25, 0.3) is 0 Å². The number of alkyl halides is 2. The van der Waals surface area contributed by atoms with E-state index in [1.54, 1.807) is 6.07 Å². The van der Waals surface area contributed by atoms with Crippen LogP contribution in [0.5, 0.6) is 0 Å². The van der Waals surface area contributed by atoms with E-state index in [1.807, 2.05) is 19.1 Å². The smallest absolute Gasteiger partial charge is 0.341 e. The molecular formula is C18H22F2N2O4S. The zero-order valence-corrected chi connectivity index (χ0v) is 15.7. The van der Waals surface area contributed by atoms with Gasteiger partial charge in [-0.1, -0.05) is 12.1 Å². The largest absolute Gasteiger partial charge is 0.465 e. The number of furan rings is 1. The molecule has 1 saturated heterocycles. The van der Waals surface area contributed by atoms with Crippen molar-refractivity contribution in [2.75, 3.05) is 38.2 Å². The summed E-state index contributed by atoms with van der Waals surface area (Å²) in [6.07, 6.45) is 0. The molecule has 9 heteroatoms. The lowest BCUT2D eigenvalue weighted by Crippen LogP contribution is -2.41. The highest BCUT2D eigenvalue weighted by atomic mass is 32.2. The minimum Gasteiger partial charge on any atom is -0.465 e. The van der Waals surface area contributed by atoms with Gasteiger partial charge in [-0.2, -0.15) is 8.78 Å². The van der Waals surface area contributed by atoms with Crippen molar-refractivity contribution in [2.24, 2.45) is 0 Å². The van der Waals surface area contributed by atoms with Gasteiger partial charge in [0.2, 0.25) is 9.84 Å². The summed E-state index contributed by atoms with van der Waals surface area (Å²) in [5, 5.41) is 3.02. The second-order valence-electron chi connectivity index (χ2n) is 6.30. The fourth-order valence-electron chi connectivity index (χ4n) is 3.09. The summed E-state index contributed by atoms with van der Waals surface area (Å²) in [7, 11) is -4.69. The van der Waals surface area contributed by atoms with Gasteiger partial charge in [-0.15, -0.1) is 0 Å². The Morgan fingerprint density at radius 1 is 1.15 bits per heavy atom. The molecule has 0 spiro atoms. The van der Waals surface area contributed by atoms with Gasteiger partial charge in [-0.05, 0) is 31.2 Å². The maximum absolute atomic E-state index is 13.0. The highest BCUT2D eigenvalue weighted by molar-refractivity contribution is 7.91. The third-order valence-electron chi connectivity index (χ3n) is 4.49. The average Bonchev–Trinajstić information content (AvgIpc) is 3.09. The van der Waals surface area contributed by atoms with Gasteiger partial charge >= 0.3 is 5.76 Å². The van der Waals surface area contributed by atoms with Gasteiger partial charge in [0.1, 0.15) is 11.5 Å². The summed E-state index contributed by atoms with van der Waals surface area (Å²) in [6.45, 7) is 4.73. The number of para-hydroxylation sites is 1. The molecule has 2 aromatic rings. The van der Waals surface area contributed by atoms with Gasteiger partial charge in [0.15, 0.2) is 0 Å². The number of halogens is 2. The van der Waals surface area contributed by atoms with E-state index in [1.165, 1.54) is 18.2 Å². The van der Waals surface area contributed by atoms with Crippen LogP contribution in [0.3, 0.4) is 0 Å². The summed E-state index contributed by atoms with van der Waals surface area (Å²) in [4.78, 5) is 1.76. The number of hydrogen-bond donors (Lipinski definition) is 1. The number of hydrogen-bond acceptors (Lipinski definition) is 6. The third-order valence-corrected chi connectivity index (χ3v) is 5.93. The predicted molar refractivity (Wildman–Crippen MR) is 96.7 cm³/mol. The quantitative estimate of drug-likeness (QED) is 0.770. The van der Waals surface area contributed by atoms with Gasteiger partial charge < -0.3 is 14.5 Å². The van der Waals surface area contributed by atoms with Gasteiger partial charge in [0.25, 0.3) is 0 Å². The molecule has 27 heavy (non-hydrogen) atoms. The van der Waals surface area contributed by atoms with Crippen molar-refractivity contribution >= 4 is 15.5 Å². The monoisotopic (exact) mass is 400 g/mol. The maximum atomic E-state index is 13.0. The first-order chi connectivity index (χ1) is 12.9. The van der Waals surface area contributed by atoms with Crippen molar-refractivity contribution in [3.8, 4) is 0 Å². The highest BCUT2D eigenvalue weighted by Gasteiger charge is 2.30. The highest BCUT2D eigenvalue weighted by Crippen LogP contribution is 2.29. The topological polar surface area (TPSA) is 71.8 Å². The van der Waals surface area contributed by atoms with E-state index in [-0.39, 0.29) is 11.7 Å². The van der Waals surface area contributed by atoms with Crippen molar-refractivity contribution in [3.05, 3.63) is 47.9 Å². The lowest BCUT2D eigenvalue weighted by atomic mass is 10.1. The van der Waals surface area contributed by atoms with Crippen LogP contribution in [0, 0.1) is 6.92 Å². The SMILES string of the molecule is Cc1ccc(C(CNc2ccccc2S(=O)(=O)C(F)F)N2CCOCC2)o1. The van der Waals surface area contributed by atoms with Gasteiger partial charge in [0.05, 0.1) is 29.8 Å². The van der Waals surface area contributed by atoms with Gasteiger partial charge in [0, 0.05) is 19.6 Å². The molecule has 6 nitrogen and oxygen atoms in total. The second kappa shape index (κ2) is 8.37. The predicted octanol–water partition coefficient (Wildman–Crippen LogP) is 3.07. The zero-order chi connectivity index (χ0) is 19.4. The Labute approximate surface area is 157 Å². The van der Waals surface area contributed by atoms with E-state index >= 15 is 0 Å². The van der Waals surface area contributed by atoms with Crippen molar-refractivity contribution < 1.29 is 26.4 Å². The van der Waals surface area contributed by atoms with E-state index in [0.717, 1.165) is 11.5 Å². The first-order valence-electron chi connectivity index (χ1n) is 8.62. The fraction of sp³-hybridized carbons (Fsp3) is 0.444. The number of rotatable bonds is 7. The number of aryl methyl sites for hydroxylation is 1. The molecule has 0 aliphatic carbocycles. The van der Waals surface area contributed by atoms with E-state index in [9.17, 15) is 17.2 Å². The van der Waals surface area contributed by atoms with Crippen molar-refractivity contribution in [2.45, 2.75) is 23.6 Å². The Bertz CT molecular complexity index is 864. The lowest BCUT2D eigenvalue weighted by Gasteiger charge is -2.33. The van der Waals surface area contributed by atoms with Gasteiger partial charge in [-0.25, -0.2) is 8.42 Å². The van der Waals surface area contributed by atoms with Crippen LogP contribution in [0.2, 0.25) is 0 Å². The summed E-state index contributed by atoms with van der Waals surface area (Å²) >= 11 is 0. The molecule has 2 heterocycles. The van der Waals surface area contributed by atoms with Crippen LogP contribution in [-0.2, 0) is 14.6 Å². The second-order valence-corrected chi connectivity index (χ2v) is 8.18. The molecule has 0 saturated carbocycles. The molecule has 3 rings (SSSR count). The van der Waals surface area contributed by atoms with Crippen LogP contribution in [0.15, 0.2) is 45.7 Å². The normalized spacial score (nSPS) is 17.2. The summed E-state index contributed by atoms with van der Waals surface area (Å²) < 4.78 is 61.0. The zero-order valence-electron chi connectivity index (χ0n) is 14.9. The molecule has 0 radical (unpaired) electrons. The molecule has 1 fully saturated rings. The Balaban J connectivity index is 1.84. The van der Waals surface area contributed by atoms with Crippen LogP contribution in [0.4, 0.5) is 14.5 Å². The number of sulfone groups is 1. The van der Waals surface area contributed by atoms with E-state index < -0.39 is 20.5 Å². The number of ether oxygens (including phenoxy) is 1. The first kappa shape index (κ1) is 19.8. The van der Waals surface area contributed by atoms with E-state index in [2.05, 4.69) is 10.2 Å². The fourth-order valence-corrected chi connectivity index (χ4v) is 4.00. The molecule has 1 aromatic heterocycles. The molecule has 1 aromatic carbocycles. The minimum absolute atomic E-state index is 0.152. The Morgan fingerprint density at radius 3 is 2.48 bits per heavy atom. The Kier molecular flexibility index (Phi) is 6.13. The number of nitrogens with zero attached hydrogens (tertiary/aromatic N) is 1. The standard InChI is InChI=1S/C18H22F2N2O4S/c1-13-6-7-16(26-13)15(22-8-10-25-11-9-22)12-21-14-4-2-3-5-17(14)27(23,24)18(19)20/h2-7,15,18,21H,8-12H2,1H3. The minimum atomic E-state index is -4.69. The van der Waals surface area contributed by atoms with Crippen LogP contribution in [-0.4, -0.2) is 51.9 Å².